The largest absolute Gasteiger partial charge is 0.490 e. The number of hydrogen-bond donors (Lipinski definition) is 0. The average molecular weight is 304 g/mol. The SMILES string of the molecule is CCCCc1ccc(-c2ccc(OCCC)c(F)c2F)cc1. The molecule has 0 radical (unpaired) electrons. The zero-order valence-electron chi connectivity index (χ0n) is 13.2. The summed E-state index contributed by atoms with van der Waals surface area (Å²) in [7, 11) is 0. The molecule has 0 aliphatic carbocycles. The molecule has 0 aliphatic heterocycles. The smallest absolute Gasteiger partial charge is 0.201 e. The van der Waals surface area contributed by atoms with Crippen LogP contribution in [-0.4, -0.2) is 6.61 Å². The first-order valence-electron chi connectivity index (χ1n) is 7.87. The number of aryl methyl sites for hydroxylation is 1. The van der Waals surface area contributed by atoms with E-state index in [2.05, 4.69) is 6.92 Å². The highest BCUT2D eigenvalue weighted by Crippen LogP contribution is 2.30. The maximum absolute atomic E-state index is 14.2. The van der Waals surface area contributed by atoms with E-state index in [1.807, 2.05) is 31.2 Å². The highest BCUT2D eigenvalue weighted by molar-refractivity contribution is 5.65. The predicted octanol–water partition coefficient (Wildman–Crippen LogP) is 5.76. The molecule has 22 heavy (non-hydrogen) atoms. The average Bonchev–Trinajstić information content (AvgIpc) is 2.55. The summed E-state index contributed by atoms with van der Waals surface area (Å²) in [5, 5.41) is 0. The van der Waals surface area contributed by atoms with Crippen molar-refractivity contribution in [1.29, 1.82) is 0 Å². The van der Waals surface area contributed by atoms with E-state index in [1.54, 1.807) is 6.07 Å². The van der Waals surface area contributed by atoms with Gasteiger partial charge in [-0.3, -0.25) is 0 Å². The molecule has 0 spiro atoms. The van der Waals surface area contributed by atoms with Gasteiger partial charge in [0, 0.05) is 5.56 Å². The highest BCUT2D eigenvalue weighted by Gasteiger charge is 2.15. The van der Waals surface area contributed by atoms with Crippen LogP contribution in [-0.2, 0) is 6.42 Å². The number of rotatable bonds is 7. The zero-order valence-corrected chi connectivity index (χ0v) is 13.2. The second kappa shape index (κ2) is 7.92. The summed E-state index contributed by atoms with van der Waals surface area (Å²) in [5.74, 6) is -1.79. The summed E-state index contributed by atoms with van der Waals surface area (Å²) in [6.07, 6.45) is 4.03. The normalized spacial score (nSPS) is 10.7. The zero-order chi connectivity index (χ0) is 15.9. The van der Waals surface area contributed by atoms with E-state index in [-0.39, 0.29) is 11.3 Å². The van der Waals surface area contributed by atoms with Gasteiger partial charge in [0.2, 0.25) is 5.82 Å². The van der Waals surface area contributed by atoms with E-state index in [4.69, 9.17) is 4.74 Å². The van der Waals surface area contributed by atoms with Crippen LogP contribution in [0.5, 0.6) is 5.75 Å². The Morgan fingerprint density at radius 2 is 1.59 bits per heavy atom. The lowest BCUT2D eigenvalue weighted by molar-refractivity contribution is 0.295. The molecule has 0 heterocycles. The number of ether oxygens (including phenoxy) is 1. The van der Waals surface area contributed by atoms with Gasteiger partial charge in [0.25, 0.3) is 0 Å². The van der Waals surface area contributed by atoms with Gasteiger partial charge < -0.3 is 4.74 Å². The van der Waals surface area contributed by atoms with E-state index in [0.29, 0.717) is 12.2 Å². The van der Waals surface area contributed by atoms with Crippen molar-refractivity contribution >= 4 is 0 Å². The minimum atomic E-state index is -0.916. The molecule has 0 fully saturated rings. The predicted molar refractivity (Wildman–Crippen MR) is 86.2 cm³/mol. The molecule has 0 saturated carbocycles. The second-order valence-corrected chi connectivity index (χ2v) is 5.39. The molecule has 0 aromatic heterocycles. The molecular weight excluding hydrogens is 282 g/mol. The lowest BCUT2D eigenvalue weighted by atomic mass is 10.0. The molecule has 0 atom stereocenters. The molecule has 0 aliphatic rings. The van der Waals surface area contributed by atoms with Crippen molar-refractivity contribution in [3.8, 4) is 16.9 Å². The third kappa shape index (κ3) is 3.85. The molecule has 118 valence electrons. The van der Waals surface area contributed by atoms with Gasteiger partial charge in [-0.1, -0.05) is 44.5 Å². The van der Waals surface area contributed by atoms with Crippen LogP contribution in [0.2, 0.25) is 0 Å². The molecule has 2 aromatic rings. The van der Waals surface area contributed by atoms with Crippen LogP contribution < -0.4 is 4.74 Å². The summed E-state index contributed by atoms with van der Waals surface area (Å²) >= 11 is 0. The van der Waals surface area contributed by atoms with Gasteiger partial charge in [0.1, 0.15) is 0 Å². The van der Waals surface area contributed by atoms with Crippen molar-refractivity contribution in [3.63, 3.8) is 0 Å². The minimum Gasteiger partial charge on any atom is -0.490 e. The Balaban J connectivity index is 2.23. The van der Waals surface area contributed by atoms with Crippen molar-refractivity contribution in [2.75, 3.05) is 6.61 Å². The lowest BCUT2D eigenvalue weighted by Crippen LogP contribution is -2.00. The van der Waals surface area contributed by atoms with E-state index in [1.165, 1.54) is 11.6 Å². The minimum absolute atomic E-state index is 0.0253. The maximum atomic E-state index is 14.2. The number of benzene rings is 2. The molecule has 1 nitrogen and oxygen atoms in total. The summed E-state index contributed by atoms with van der Waals surface area (Å²) < 4.78 is 33.4. The first-order valence-corrected chi connectivity index (χ1v) is 7.87. The fourth-order valence-electron chi connectivity index (χ4n) is 2.31. The molecule has 0 amide bonds. The van der Waals surface area contributed by atoms with E-state index in [9.17, 15) is 8.78 Å². The van der Waals surface area contributed by atoms with Crippen LogP contribution in [0.1, 0.15) is 38.7 Å². The van der Waals surface area contributed by atoms with Crippen molar-refractivity contribution in [2.45, 2.75) is 39.5 Å². The molecule has 2 aromatic carbocycles. The third-order valence-electron chi connectivity index (χ3n) is 3.59. The fraction of sp³-hybridized carbons (Fsp3) is 0.368. The summed E-state index contributed by atoms with van der Waals surface area (Å²) in [6.45, 7) is 4.44. The van der Waals surface area contributed by atoms with Gasteiger partial charge in [0.05, 0.1) is 6.61 Å². The Hall–Kier alpha value is -1.90. The van der Waals surface area contributed by atoms with Crippen molar-refractivity contribution < 1.29 is 13.5 Å². The Morgan fingerprint density at radius 1 is 0.864 bits per heavy atom. The van der Waals surface area contributed by atoms with Crippen LogP contribution in [0.15, 0.2) is 36.4 Å². The Labute approximate surface area is 130 Å². The molecule has 3 heteroatoms. The summed E-state index contributed by atoms with van der Waals surface area (Å²) in [4.78, 5) is 0. The molecule has 0 saturated heterocycles. The monoisotopic (exact) mass is 304 g/mol. The Morgan fingerprint density at radius 3 is 2.23 bits per heavy atom. The standard InChI is InChI=1S/C19H22F2O/c1-3-5-6-14-7-9-15(10-8-14)16-11-12-17(22-13-4-2)19(21)18(16)20/h7-12H,3-6,13H2,1-2H3. The van der Waals surface area contributed by atoms with Crippen molar-refractivity contribution in [3.05, 3.63) is 53.6 Å². The third-order valence-corrected chi connectivity index (χ3v) is 3.59. The number of unbranched alkanes of at least 4 members (excludes halogenated alkanes) is 1. The quantitative estimate of drug-likeness (QED) is 0.631. The maximum Gasteiger partial charge on any atom is 0.201 e. The molecular formula is C19H22F2O. The number of halogens is 2. The molecule has 2 rings (SSSR count). The van der Waals surface area contributed by atoms with Gasteiger partial charge in [-0.2, -0.15) is 4.39 Å². The summed E-state index contributed by atoms with van der Waals surface area (Å²) in [6, 6.07) is 10.7. The van der Waals surface area contributed by atoms with E-state index < -0.39 is 11.6 Å². The first-order chi connectivity index (χ1) is 10.7. The van der Waals surface area contributed by atoms with Gasteiger partial charge in [-0.15, -0.1) is 0 Å². The van der Waals surface area contributed by atoms with E-state index in [0.717, 1.165) is 25.7 Å². The molecule has 0 bridgehead atoms. The lowest BCUT2D eigenvalue weighted by Gasteiger charge is -2.10. The summed E-state index contributed by atoms with van der Waals surface area (Å²) in [5.41, 5.74) is 2.16. The fourth-order valence-corrected chi connectivity index (χ4v) is 2.31. The van der Waals surface area contributed by atoms with Crippen molar-refractivity contribution in [2.24, 2.45) is 0 Å². The van der Waals surface area contributed by atoms with Crippen LogP contribution >= 0.6 is 0 Å². The van der Waals surface area contributed by atoms with E-state index >= 15 is 0 Å². The van der Waals surface area contributed by atoms with Gasteiger partial charge in [-0.25, -0.2) is 4.39 Å². The van der Waals surface area contributed by atoms with Gasteiger partial charge in [-0.05, 0) is 42.5 Å². The topological polar surface area (TPSA) is 9.23 Å². The Bertz CT molecular complexity index is 606. The van der Waals surface area contributed by atoms with Crippen LogP contribution in [0, 0.1) is 11.6 Å². The highest BCUT2D eigenvalue weighted by atomic mass is 19.2. The first kappa shape index (κ1) is 16.5. The second-order valence-electron chi connectivity index (χ2n) is 5.39. The van der Waals surface area contributed by atoms with Gasteiger partial charge >= 0.3 is 0 Å². The number of hydrogen-bond acceptors (Lipinski definition) is 1. The van der Waals surface area contributed by atoms with Crippen LogP contribution in [0.4, 0.5) is 8.78 Å². The molecule has 0 N–H and O–H groups in total. The molecule has 0 unspecified atom stereocenters. The van der Waals surface area contributed by atoms with Crippen molar-refractivity contribution in [1.82, 2.24) is 0 Å². The Kier molecular flexibility index (Phi) is 5.93. The van der Waals surface area contributed by atoms with Crippen LogP contribution in [0.25, 0.3) is 11.1 Å². The van der Waals surface area contributed by atoms with Gasteiger partial charge in [0.15, 0.2) is 11.6 Å². The van der Waals surface area contributed by atoms with Crippen LogP contribution in [0.3, 0.4) is 0 Å².